The van der Waals surface area contributed by atoms with E-state index in [0.717, 1.165) is 12.2 Å². The van der Waals surface area contributed by atoms with Gasteiger partial charge >= 0.3 is 6.03 Å². The quantitative estimate of drug-likeness (QED) is 0.864. The third-order valence-electron chi connectivity index (χ3n) is 3.45. The minimum absolute atomic E-state index is 0.0478. The topological polar surface area (TPSA) is 50.8 Å². The summed E-state index contributed by atoms with van der Waals surface area (Å²) in [4.78, 5) is 13.6. The number of carbonyl (C=O) groups is 1. The van der Waals surface area contributed by atoms with Crippen LogP contribution in [0.4, 0.5) is 4.79 Å². The van der Waals surface area contributed by atoms with E-state index in [2.05, 4.69) is 5.32 Å². The van der Waals surface area contributed by atoms with Gasteiger partial charge in [-0.3, -0.25) is 0 Å². The van der Waals surface area contributed by atoms with Crippen molar-refractivity contribution >= 4 is 6.03 Å². The van der Waals surface area contributed by atoms with E-state index >= 15 is 0 Å². The van der Waals surface area contributed by atoms with Gasteiger partial charge in [-0.05, 0) is 18.6 Å². The molecule has 1 aromatic carbocycles. The molecular formula is C15H22N2O3. The van der Waals surface area contributed by atoms with Crippen molar-refractivity contribution in [2.45, 2.75) is 25.6 Å². The Morgan fingerprint density at radius 2 is 2.10 bits per heavy atom. The first kappa shape index (κ1) is 14.7. The Labute approximate surface area is 119 Å². The van der Waals surface area contributed by atoms with Gasteiger partial charge in [-0.2, -0.15) is 0 Å². The summed E-state index contributed by atoms with van der Waals surface area (Å²) in [6.07, 6.45) is 1.06. The lowest BCUT2D eigenvalue weighted by Gasteiger charge is -2.39. The molecule has 5 nitrogen and oxygen atoms in total. The third-order valence-corrected chi connectivity index (χ3v) is 3.45. The van der Waals surface area contributed by atoms with E-state index in [9.17, 15) is 4.79 Å². The fourth-order valence-corrected chi connectivity index (χ4v) is 2.08. The molecule has 2 rings (SSSR count). The predicted octanol–water partition coefficient (Wildman–Crippen LogP) is 1.88. The van der Waals surface area contributed by atoms with E-state index in [0.29, 0.717) is 19.6 Å². The molecule has 20 heavy (non-hydrogen) atoms. The van der Waals surface area contributed by atoms with Crippen LogP contribution in [0, 0.1) is 0 Å². The first-order chi connectivity index (χ1) is 9.72. The smallest absolute Gasteiger partial charge is 0.317 e. The van der Waals surface area contributed by atoms with Gasteiger partial charge in [0, 0.05) is 13.7 Å². The average molecular weight is 278 g/mol. The lowest BCUT2D eigenvalue weighted by Crippen LogP contribution is -2.59. The second-order valence-corrected chi connectivity index (χ2v) is 4.91. The Balaban J connectivity index is 1.67. The zero-order valence-corrected chi connectivity index (χ0v) is 12.0. The van der Waals surface area contributed by atoms with E-state index in [1.807, 2.05) is 37.3 Å². The second-order valence-electron chi connectivity index (χ2n) is 4.91. The van der Waals surface area contributed by atoms with Gasteiger partial charge in [0.2, 0.25) is 0 Å². The summed E-state index contributed by atoms with van der Waals surface area (Å²) in [5, 5.41) is 2.88. The fourth-order valence-electron chi connectivity index (χ4n) is 2.08. The van der Waals surface area contributed by atoms with E-state index in [1.165, 1.54) is 0 Å². The van der Waals surface area contributed by atoms with Crippen LogP contribution in [0.5, 0.6) is 5.75 Å². The average Bonchev–Trinajstić information content (AvgIpc) is 2.44. The van der Waals surface area contributed by atoms with Gasteiger partial charge in [-0.1, -0.05) is 25.1 Å². The molecule has 110 valence electrons. The molecule has 1 saturated heterocycles. The summed E-state index contributed by atoms with van der Waals surface area (Å²) < 4.78 is 11.0. The highest BCUT2D eigenvalue weighted by atomic mass is 16.5. The molecule has 0 aliphatic carbocycles. The predicted molar refractivity (Wildman–Crippen MR) is 76.9 cm³/mol. The summed E-state index contributed by atoms with van der Waals surface area (Å²) in [6.45, 7) is 3.84. The van der Waals surface area contributed by atoms with Gasteiger partial charge in [0.05, 0.1) is 19.2 Å². The molecule has 1 aliphatic rings. The van der Waals surface area contributed by atoms with E-state index in [1.54, 1.807) is 12.0 Å². The molecule has 1 aliphatic heterocycles. The summed E-state index contributed by atoms with van der Waals surface area (Å²) in [5.41, 5.74) is 0. The van der Waals surface area contributed by atoms with Crippen LogP contribution in [0.3, 0.4) is 0 Å². The maximum absolute atomic E-state index is 11.9. The van der Waals surface area contributed by atoms with Crippen LogP contribution >= 0.6 is 0 Å². The van der Waals surface area contributed by atoms with E-state index < -0.39 is 0 Å². The van der Waals surface area contributed by atoms with Crippen molar-refractivity contribution in [3.8, 4) is 5.75 Å². The Hall–Kier alpha value is -1.75. The van der Waals surface area contributed by atoms with Crippen molar-refractivity contribution in [3.05, 3.63) is 30.3 Å². The molecule has 1 atom stereocenters. The maximum atomic E-state index is 11.9. The molecule has 0 bridgehead atoms. The Morgan fingerprint density at radius 3 is 2.70 bits per heavy atom. The minimum Gasteiger partial charge on any atom is -0.487 e. The van der Waals surface area contributed by atoms with Gasteiger partial charge in [0.25, 0.3) is 0 Å². The normalized spacial score (nSPS) is 16.4. The second kappa shape index (κ2) is 7.14. The fraction of sp³-hybridized carbons (Fsp3) is 0.533. The monoisotopic (exact) mass is 278 g/mol. The van der Waals surface area contributed by atoms with Crippen LogP contribution in [0.2, 0.25) is 0 Å². The van der Waals surface area contributed by atoms with Crippen LogP contribution in [0.25, 0.3) is 0 Å². The molecular weight excluding hydrogens is 256 g/mol. The van der Waals surface area contributed by atoms with Crippen molar-refractivity contribution in [1.82, 2.24) is 10.2 Å². The Bertz CT molecular complexity index is 414. The highest BCUT2D eigenvalue weighted by Gasteiger charge is 2.32. The van der Waals surface area contributed by atoms with Crippen LogP contribution in [0.15, 0.2) is 30.3 Å². The van der Waals surface area contributed by atoms with Gasteiger partial charge in [-0.15, -0.1) is 0 Å². The van der Waals surface area contributed by atoms with Crippen molar-refractivity contribution in [3.63, 3.8) is 0 Å². The molecule has 1 N–H and O–H groups in total. The number of para-hydroxylation sites is 1. The summed E-state index contributed by atoms with van der Waals surface area (Å²) in [5.74, 6) is 0.850. The summed E-state index contributed by atoms with van der Waals surface area (Å²) in [7, 11) is 1.66. The molecule has 1 aromatic rings. The SMILES string of the molecule is CC[C@@H](CNC(=O)N1CC(Oc2ccccc2)C1)OC. The standard InChI is InChI=1S/C15H22N2O3/c1-3-12(19-2)9-16-15(18)17-10-14(11-17)20-13-7-5-4-6-8-13/h4-8,12,14H,3,9-11H2,1-2H3,(H,16,18)/t12-/m0/s1. The lowest BCUT2D eigenvalue weighted by molar-refractivity contribution is 0.0414. The number of amides is 2. The first-order valence-electron chi connectivity index (χ1n) is 7.00. The maximum Gasteiger partial charge on any atom is 0.317 e. The number of hydrogen-bond acceptors (Lipinski definition) is 3. The summed E-state index contributed by atoms with van der Waals surface area (Å²) >= 11 is 0. The highest BCUT2D eigenvalue weighted by molar-refractivity contribution is 5.75. The number of carbonyl (C=O) groups excluding carboxylic acids is 1. The molecule has 0 radical (unpaired) electrons. The Morgan fingerprint density at radius 1 is 1.40 bits per heavy atom. The van der Waals surface area contributed by atoms with Gasteiger partial charge in [-0.25, -0.2) is 4.79 Å². The number of benzene rings is 1. The van der Waals surface area contributed by atoms with Crippen molar-refractivity contribution < 1.29 is 14.3 Å². The van der Waals surface area contributed by atoms with Crippen LogP contribution in [-0.4, -0.2) is 49.9 Å². The number of hydrogen-bond donors (Lipinski definition) is 1. The number of likely N-dealkylation sites (tertiary alicyclic amines) is 1. The van der Waals surface area contributed by atoms with Gasteiger partial charge in [0.15, 0.2) is 0 Å². The summed E-state index contributed by atoms with van der Waals surface area (Å²) in [6, 6.07) is 9.63. The molecule has 0 unspecified atom stereocenters. The number of urea groups is 1. The molecule has 2 amide bonds. The number of methoxy groups -OCH3 is 1. The molecule has 1 heterocycles. The van der Waals surface area contributed by atoms with Crippen LogP contribution < -0.4 is 10.1 Å². The van der Waals surface area contributed by atoms with Gasteiger partial charge in [0.1, 0.15) is 11.9 Å². The number of ether oxygens (including phenoxy) is 2. The number of rotatable bonds is 6. The molecule has 0 saturated carbocycles. The molecule has 5 heteroatoms. The van der Waals surface area contributed by atoms with E-state index in [-0.39, 0.29) is 18.2 Å². The minimum atomic E-state index is -0.0478. The lowest BCUT2D eigenvalue weighted by atomic mass is 10.2. The van der Waals surface area contributed by atoms with Crippen LogP contribution in [-0.2, 0) is 4.74 Å². The first-order valence-corrected chi connectivity index (χ1v) is 7.00. The van der Waals surface area contributed by atoms with Crippen molar-refractivity contribution in [2.75, 3.05) is 26.7 Å². The zero-order valence-electron chi connectivity index (χ0n) is 12.0. The van der Waals surface area contributed by atoms with E-state index in [4.69, 9.17) is 9.47 Å². The number of nitrogens with one attached hydrogen (secondary N) is 1. The molecule has 0 spiro atoms. The van der Waals surface area contributed by atoms with Crippen molar-refractivity contribution in [2.24, 2.45) is 0 Å². The highest BCUT2D eigenvalue weighted by Crippen LogP contribution is 2.17. The van der Waals surface area contributed by atoms with Crippen molar-refractivity contribution in [1.29, 1.82) is 0 Å². The van der Waals surface area contributed by atoms with Crippen LogP contribution in [0.1, 0.15) is 13.3 Å². The Kier molecular flexibility index (Phi) is 5.24. The number of nitrogens with zero attached hydrogens (tertiary/aromatic N) is 1. The molecule has 0 aromatic heterocycles. The zero-order chi connectivity index (χ0) is 14.4. The largest absolute Gasteiger partial charge is 0.487 e. The van der Waals surface area contributed by atoms with Gasteiger partial charge < -0.3 is 19.7 Å². The molecule has 1 fully saturated rings. The third kappa shape index (κ3) is 3.87.